The lowest BCUT2D eigenvalue weighted by Gasteiger charge is -2.27. The van der Waals surface area contributed by atoms with Crippen LogP contribution in [0.15, 0.2) is 60.1 Å². The van der Waals surface area contributed by atoms with Crippen molar-refractivity contribution in [2.45, 2.75) is 13.0 Å². The Balaban J connectivity index is 1.77. The zero-order chi connectivity index (χ0) is 17.2. The molecule has 9 nitrogen and oxygen atoms in total. The lowest BCUT2D eigenvalue weighted by Crippen LogP contribution is -2.32. The first-order chi connectivity index (χ1) is 12.2. The molecule has 0 bridgehead atoms. The Bertz CT molecular complexity index is 935. The number of tetrazole rings is 1. The summed E-state index contributed by atoms with van der Waals surface area (Å²) in [4.78, 5) is 21.4. The van der Waals surface area contributed by atoms with Crippen LogP contribution in [0, 0.1) is 0 Å². The van der Waals surface area contributed by atoms with Crippen molar-refractivity contribution in [3.8, 4) is 0 Å². The number of allylic oxidation sites excluding steroid dienone is 1. The summed E-state index contributed by atoms with van der Waals surface area (Å²) in [6.07, 6.45) is 3.29. The van der Waals surface area contributed by atoms with Gasteiger partial charge in [0.1, 0.15) is 11.9 Å². The number of nitrogens with one attached hydrogen (secondary N) is 2. The molecule has 0 saturated carbocycles. The van der Waals surface area contributed by atoms with Gasteiger partial charge in [0, 0.05) is 18.1 Å². The van der Waals surface area contributed by atoms with Crippen molar-refractivity contribution in [2.24, 2.45) is 0 Å². The Labute approximate surface area is 142 Å². The number of fused-ring (bicyclic) bond motifs is 1. The van der Waals surface area contributed by atoms with Crippen LogP contribution < -0.4 is 10.6 Å². The smallest absolute Gasteiger partial charge is 0.257 e. The summed E-state index contributed by atoms with van der Waals surface area (Å²) in [6, 6.07) is 10.3. The predicted molar refractivity (Wildman–Crippen MR) is 89.4 cm³/mol. The molecule has 3 aromatic rings. The second kappa shape index (κ2) is 6.11. The van der Waals surface area contributed by atoms with E-state index in [1.165, 1.54) is 0 Å². The zero-order valence-electron chi connectivity index (χ0n) is 13.3. The molecule has 0 spiro atoms. The maximum absolute atomic E-state index is 12.9. The molecule has 1 amide bonds. The van der Waals surface area contributed by atoms with E-state index in [-0.39, 0.29) is 5.91 Å². The van der Waals surface area contributed by atoms with Crippen molar-refractivity contribution >= 4 is 17.7 Å². The summed E-state index contributed by atoms with van der Waals surface area (Å²) in [5, 5.41) is 17.5. The summed E-state index contributed by atoms with van der Waals surface area (Å²) in [7, 11) is 0. The lowest BCUT2D eigenvalue weighted by atomic mass is 9.99. The van der Waals surface area contributed by atoms with Crippen molar-refractivity contribution < 1.29 is 4.79 Å². The normalized spacial score (nSPS) is 16.1. The van der Waals surface area contributed by atoms with Gasteiger partial charge in [0.05, 0.1) is 11.3 Å². The third kappa shape index (κ3) is 2.71. The molecular weight excluding hydrogens is 320 g/mol. The molecule has 9 heteroatoms. The molecule has 2 N–H and O–H groups in total. The second-order valence-corrected chi connectivity index (χ2v) is 5.44. The minimum absolute atomic E-state index is 0.291. The van der Waals surface area contributed by atoms with Crippen LogP contribution in [0.3, 0.4) is 0 Å². The van der Waals surface area contributed by atoms with Gasteiger partial charge in [0.25, 0.3) is 5.91 Å². The fourth-order valence-corrected chi connectivity index (χ4v) is 2.74. The van der Waals surface area contributed by atoms with Gasteiger partial charge < -0.3 is 10.6 Å². The molecule has 0 fully saturated rings. The molecule has 4 heterocycles. The van der Waals surface area contributed by atoms with Gasteiger partial charge in [-0.2, -0.15) is 4.68 Å². The summed E-state index contributed by atoms with van der Waals surface area (Å²) in [6.45, 7) is 1.81. The molecule has 1 atom stereocenters. The fourth-order valence-electron chi connectivity index (χ4n) is 2.74. The standard InChI is InChI=1S/C16H14N8O/c1-10-13(15(25)20-12-7-3-5-9-18-12)14(11-6-2-4-8-17-11)24-16(19-10)21-22-23-24/h2-9,14H,1H3,(H,18,20,25)(H,19,21,23). The molecule has 0 radical (unpaired) electrons. The quantitative estimate of drug-likeness (QED) is 0.744. The van der Waals surface area contributed by atoms with Gasteiger partial charge in [-0.1, -0.05) is 17.2 Å². The highest BCUT2D eigenvalue weighted by atomic mass is 16.1. The van der Waals surface area contributed by atoms with Crippen LogP contribution in [-0.2, 0) is 4.79 Å². The predicted octanol–water partition coefficient (Wildman–Crippen LogP) is 1.39. The third-order valence-corrected chi connectivity index (χ3v) is 3.83. The van der Waals surface area contributed by atoms with Crippen LogP contribution in [0.5, 0.6) is 0 Å². The largest absolute Gasteiger partial charge is 0.326 e. The topological polar surface area (TPSA) is 111 Å². The molecule has 3 aromatic heterocycles. The van der Waals surface area contributed by atoms with Crippen LogP contribution in [0.2, 0.25) is 0 Å². The summed E-state index contributed by atoms with van der Waals surface area (Å²) >= 11 is 0. The Morgan fingerprint density at radius 1 is 1.16 bits per heavy atom. The number of anilines is 2. The van der Waals surface area contributed by atoms with E-state index in [1.54, 1.807) is 42.2 Å². The van der Waals surface area contributed by atoms with Gasteiger partial charge in [-0.3, -0.25) is 9.78 Å². The number of nitrogens with zero attached hydrogens (tertiary/aromatic N) is 6. The highest BCUT2D eigenvalue weighted by molar-refractivity contribution is 6.05. The number of carbonyl (C=O) groups is 1. The lowest BCUT2D eigenvalue weighted by molar-refractivity contribution is -0.113. The highest BCUT2D eigenvalue weighted by Gasteiger charge is 2.34. The molecule has 4 rings (SSSR count). The van der Waals surface area contributed by atoms with E-state index < -0.39 is 6.04 Å². The van der Waals surface area contributed by atoms with Gasteiger partial charge in [0.15, 0.2) is 0 Å². The highest BCUT2D eigenvalue weighted by Crippen LogP contribution is 2.33. The van der Waals surface area contributed by atoms with E-state index in [1.807, 2.05) is 18.2 Å². The zero-order valence-corrected chi connectivity index (χ0v) is 13.3. The second-order valence-electron chi connectivity index (χ2n) is 5.44. The average Bonchev–Trinajstić information content (AvgIpc) is 3.10. The van der Waals surface area contributed by atoms with E-state index in [9.17, 15) is 4.79 Å². The molecule has 0 saturated heterocycles. The number of aromatic nitrogens is 6. The number of rotatable bonds is 3. The Morgan fingerprint density at radius 3 is 2.68 bits per heavy atom. The SMILES string of the molecule is CC1=C(C(=O)Nc2ccccn2)C(c2ccccn2)n2nnnc2N1. The monoisotopic (exact) mass is 334 g/mol. The molecule has 1 aliphatic heterocycles. The third-order valence-electron chi connectivity index (χ3n) is 3.83. The summed E-state index contributed by atoms with van der Waals surface area (Å²) < 4.78 is 1.54. The molecule has 1 unspecified atom stereocenters. The molecule has 124 valence electrons. The van der Waals surface area contributed by atoms with Crippen molar-refractivity contribution in [1.29, 1.82) is 0 Å². The Kier molecular flexibility index (Phi) is 3.65. The van der Waals surface area contributed by atoms with E-state index in [0.29, 0.717) is 28.7 Å². The van der Waals surface area contributed by atoms with Gasteiger partial charge in [-0.05, 0) is 41.6 Å². The number of amides is 1. The Morgan fingerprint density at radius 2 is 1.96 bits per heavy atom. The summed E-state index contributed by atoms with van der Waals surface area (Å²) in [5.41, 5.74) is 1.80. The van der Waals surface area contributed by atoms with Crippen LogP contribution >= 0.6 is 0 Å². The van der Waals surface area contributed by atoms with Crippen molar-refractivity contribution in [3.05, 3.63) is 65.8 Å². The van der Waals surface area contributed by atoms with Gasteiger partial charge in [0.2, 0.25) is 5.95 Å². The van der Waals surface area contributed by atoms with Gasteiger partial charge in [-0.15, -0.1) is 0 Å². The molecular formula is C16H14N8O. The van der Waals surface area contributed by atoms with E-state index in [4.69, 9.17) is 0 Å². The van der Waals surface area contributed by atoms with E-state index in [0.717, 1.165) is 0 Å². The van der Waals surface area contributed by atoms with Crippen LogP contribution in [-0.4, -0.2) is 36.1 Å². The van der Waals surface area contributed by atoms with Crippen LogP contribution in [0.4, 0.5) is 11.8 Å². The summed E-state index contributed by atoms with van der Waals surface area (Å²) in [5.74, 6) is 0.637. The first-order valence-corrected chi connectivity index (χ1v) is 7.63. The van der Waals surface area contributed by atoms with Crippen molar-refractivity contribution in [1.82, 2.24) is 30.2 Å². The minimum atomic E-state index is -0.531. The first-order valence-electron chi connectivity index (χ1n) is 7.63. The molecule has 25 heavy (non-hydrogen) atoms. The van der Waals surface area contributed by atoms with Crippen molar-refractivity contribution in [3.63, 3.8) is 0 Å². The minimum Gasteiger partial charge on any atom is -0.326 e. The molecule has 0 aliphatic carbocycles. The number of carbonyl (C=O) groups excluding carboxylic acids is 1. The maximum Gasteiger partial charge on any atom is 0.257 e. The van der Waals surface area contributed by atoms with Gasteiger partial charge >= 0.3 is 0 Å². The average molecular weight is 334 g/mol. The maximum atomic E-state index is 12.9. The molecule has 0 aromatic carbocycles. The fraction of sp³-hybridized carbons (Fsp3) is 0.125. The van der Waals surface area contributed by atoms with E-state index in [2.05, 4.69) is 36.1 Å². The number of hydrogen-bond acceptors (Lipinski definition) is 7. The number of pyridine rings is 2. The number of hydrogen-bond donors (Lipinski definition) is 2. The van der Waals surface area contributed by atoms with Crippen LogP contribution in [0.1, 0.15) is 18.7 Å². The van der Waals surface area contributed by atoms with Crippen molar-refractivity contribution in [2.75, 3.05) is 10.6 Å². The molecule has 1 aliphatic rings. The van der Waals surface area contributed by atoms with Gasteiger partial charge in [-0.25, -0.2) is 4.98 Å². The van der Waals surface area contributed by atoms with E-state index >= 15 is 0 Å². The Hall–Kier alpha value is -3.62. The van der Waals surface area contributed by atoms with Crippen LogP contribution in [0.25, 0.3) is 0 Å². The first kappa shape index (κ1) is 14.9.